The molecule has 1 heterocycles. The summed E-state index contributed by atoms with van der Waals surface area (Å²) in [7, 11) is -3.47. The lowest BCUT2D eigenvalue weighted by Crippen LogP contribution is -2.51. The summed E-state index contributed by atoms with van der Waals surface area (Å²) in [5, 5.41) is 0. The van der Waals surface area contributed by atoms with Crippen LogP contribution in [0.1, 0.15) is 30.4 Å². The van der Waals surface area contributed by atoms with Gasteiger partial charge in [0.25, 0.3) is 0 Å². The van der Waals surface area contributed by atoms with Crippen LogP contribution in [0.2, 0.25) is 0 Å². The number of hydrogen-bond acceptors (Lipinski definition) is 3. The minimum Gasteiger partial charge on any atom is -0.375 e. The number of aryl methyl sites for hydroxylation is 1. The van der Waals surface area contributed by atoms with Crippen molar-refractivity contribution in [1.82, 2.24) is 4.31 Å². The van der Waals surface area contributed by atoms with Crippen molar-refractivity contribution in [2.24, 2.45) is 0 Å². The van der Waals surface area contributed by atoms with E-state index >= 15 is 0 Å². The van der Waals surface area contributed by atoms with E-state index in [1.54, 1.807) is 16.4 Å². The maximum Gasteiger partial charge on any atom is 0.243 e. The first-order valence-corrected chi connectivity index (χ1v) is 9.30. The van der Waals surface area contributed by atoms with Crippen LogP contribution in [-0.4, -0.2) is 38.0 Å². The third kappa shape index (κ3) is 2.72. The number of fused-ring (bicyclic) bond motifs is 1. The molecule has 1 aliphatic heterocycles. The third-order valence-electron chi connectivity index (χ3n) is 4.50. The summed E-state index contributed by atoms with van der Waals surface area (Å²) in [6.45, 7) is 2.86. The van der Waals surface area contributed by atoms with E-state index in [0.717, 1.165) is 30.4 Å². The van der Waals surface area contributed by atoms with Crippen LogP contribution in [-0.2, 0) is 20.6 Å². The molecule has 0 spiro atoms. The van der Waals surface area contributed by atoms with Crippen molar-refractivity contribution in [2.75, 3.05) is 13.2 Å². The minimum atomic E-state index is -3.47. The van der Waals surface area contributed by atoms with Gasteiger partial charge in [-0.25, -0.2) is 8.42 Å². The van der Waals surface area contributed by atoms with Crippen LogP contribution in [0.25, 0.3) is 0 Å². The molecule has 1 saturated carbocycles. The van der Waals surface area contributed by atoms with Gasteiger partial charge in [-0.05, 0) is 49.4 Å². The quantitative estimate of drug-likeness (QED) is 0.801. The van der Waals surface area contributed by atoms with Crippen molar-refractivity contribution in [3.8, 4) is 0 Å². The molecule has 1 saturated heterocycles. The number of sulfonamides is 1. The van der Waals surface area contributed by atoms with Crippen LogP contribution in [0.4, 0.5) is 0 Å². The van der Waals surface area contributed by atoms with E-state index < -0.39 is 10.0 Å². The Labute approximate surface area is 131 Å². The zero-order valence-electron chi connectivity index (χ0n) is 12.1. The zero-order chi connectivity index (χ0) is 15.0. The number of morpholine rings is 1. The second kappa shape index (κ2) is 5.88. The fraction of sp³-hybridized carbons (Fsp3) is 0.600. The lowest BCUT2D eigenvalue weighted by Gasteiger charge is -2.36. The molecule has 0 N–H and O–H groups in total. The first-order valence-electron chi connectivity index (χ1n) is 7.33. The molecular formula is C15H20ClNO3S. The Morgan fingerprint density at radius 2 is 2.19 bits per heavy atom. The zero-order valence-corrected chi connectivity index (χ0v) is 13.7. The average molecular weight is 330 g/mol. The molecule has 2 aliphatic rings. The van der Waals surface area contributed by atoms with Gasteiger partial charge in [-0.15, -0.1) is 11.6 Å². The summed E-state index contributed by atoms with van der Waals surface area (Å²) in [6.07, 6.45) is 2.93. The first kappa shape index (κ1) is 15.3. The minimum absolute atomic E-state index is 0.00972. The fourth-order valence-corrected chi connectivity index (χ4v) is 5.28. The van der Waals surface area contributed by atoms with E-state index in [0.29, 0.717) is 23.9 Å². The summed E-state index contributed by atoms with van der Waals surface area (Å²) in [5.41, 5.74) is 1.89. The lowest BCUT2D eigenvalue weighted by atomic mass is 10.1. The molecule has 1 aromatic rings. The fourth-order valence-electron chi connectivity index (χ4n) is 3.28. The Balaban J connectivity index is 1.96. The molecule has 116 valence electrons. The normalized spacial score (nSPS) is 26.8. The molecule has 2 atom stereocenters. The topological polar surface area (TPSA) is 46.6 Å². The first-order chi connectivity index (χ1) is 10.0. The Hall–Kier alpha value is -0.620. The van der Waals surface area contributed by atoms with Crippen LogP contribution in [0.15, 0.2) is 23.1 Å². The molecule has 3 rings (SSSR count). The Morgan fingerprint density at radius 1 is 1.38 bits per heavy atom. The number of rotatable bonds is 3. The van der Waals surface area contributed by atoms with Crippen molar-refractivity contribution >= 4 is 21.6 Å². The van der Waals surface area contributed by atoms with Gasteiger partial charge in [-0.1, -0.05) is 6.07 Å². The smallest absolute Gasteiger partial charge is 0.243 e. The summed E-state index contributed by atoms with van der Waals surface area (Å²) >= 11 is 5.90. The van der Waals surface area contributed by atoms with Crippen molar-refractivity contribution in [3.63, 3.8) is 0 Å². The van der Waals surface area contributed by atoms with Crippen molar-refractivity contribution in [1.29, 1.82) is 0 Å². The van der Waals surface area contributed by atoms with Gasteiger partial charge in [0, 0.05) is 12.4 Å². The van der Waals surface area contributed by atoms with E-state index in [9.17, 15) is 8.42 Å². The number of hydrogen-bond donors (Lipinski definition) is 0. The van der Waals surface area contributed by atoms with E-state index in [-0.39, 0.29) is 12.1 Å². The maximum absolute atomic E-state index is 12.9. The predicted molar refractivity (Wildman–Crippen MR) is 82.0 cm³/mol. The van der Waals surface area contributed by atoms with Gasteiger partial charge >= 0.3 is 0 Å². The largest absolute Gasteiger partial charge is 0.375 e. The van der Waals surface area contributed by atoms with Crippen LogP contribution in [0.3, 0.4) is 0 Å². The Kier molecular flexibility index (Phi) is 4.28. The van der Waals surface area contributed by atoms with Crippen molar-refractivity contribution in [2.45, 2.75) is 49.1 Å². The summed E-state index contributed by atoms with van der Waals surface area (Å²) < 4.78 is 33.2. The molecule has 1 aliphatic carbocycles. The van der Waals surface area contributed by atoms with Gasteiger partial charge in [-0.3, -0.25) is 0 Å². The molecule has 4 nitrogen and oxygen atoms in total. The molecule has 2 unspecified atom stereocenters. The second-order valence-electron chi connectivity index (χ2n) is 5.75. The highest BCUT2D eigenvalue weighted by atomic mass is 35.5. The van der Waals surface area contributed by atoms with E-state index in [1.165, 1.54) is 0 Å². The monoisotopic (exact) mass is 329 g/mol. The molecule has 21 heavy (non-hydrogen) atoms. The second-order valence-corrected chi connectivity index (χ2v) is 7.90. The van der Waals surface area contributed by atoms with Gasteiger partial charge in [-0.2, -0.15) is 4.31 Å². The number of alkyl halides is 1. The molecule has 0 radical (unpaired) electrons. The molecule has 0 aromatic heterocycles. The van der Waals surface area contributed by atoms with Gasteiger partial charge in [0.2, 0.25) is 10.0 Å². The van der Waals surface area contributed by atoms with Crippen LogP contribution in [0, 0.1) is 6.92 Å². The van der Waals surface area contributed by atoms with E-state index in [2.05, 4.69) is 0 Å². The highest BCUT2D eigenvalue weighted by Crippen LogP contribution is 2.33. The van der Waals surface area contributed by atoms with Crippen LogP contribution < -0.4 is 0 Å². The lowest BCUT2D eigenvalue weighted by molar-refractivity contribution is -0.0241. The third-order valence-corrected chi connectivity index (χ3v) is 6.71. The number of nitrogens with zero attached hydrogens (tertiary/aromatic N) is 1. The Bertz CT molecular complexity index is 632. The van der Waals surface area contributed by atoms with Crippen LogP contribution in [0.5, 0.6) is 0 Å². The highest BCUT2D eigenvalue weighted by Gasteiger charge is 2.42. The molecule has 1 aromatic carbocycles. The van der Waals surface area contributed by atoms with Crippen molar-refractivity contribution in [3.05, 3.63) is 29.3 Å². The maximum atomic E-state index is 12.9. The van der Waals surface area contributed by atoms with Crippen molar-refractivity contribution < 1.29 is 13.2 Å². The molecule has 6 heteroatoms. The predicted octanol–water partition coefficient (Wildman–Crippen LogP) is 2.68. The summed E-state index contributed by atoms with van der Waals surface area (Å²) in [4.78, 5) is 0.344. The van der Waals surface area contributed by atoms with Gasteiger partial charge < -0.3 is 4.74 Å². The summed E-state index contributed by atoms with van der Waals surface area (Å²) in [5.74, 6) is 0.324. The van der Waals surface area contributed by atoms with Gasteiger partial charge in [0.15, 0.2) is 0 Å². The van der Waals surface area contributed by atoms with Gasteiger partial charge in [0.1, 0.15) is 0 Å². The average Bonchev–Trinajstić information content (AvgIpc) is 2.95. The van der Waals surface area contributed by atoms with E-state index in [1.807, 2.05) is 13.0 Å². The molecule has 0 bridgehead atoms. The highest BCUT2D eigenvalue weighted by molar-refractivity contribution is 7.89. The number of halogens is 1. The number of ether oxygens (including phenoxy) is 1. The SMILES string of the molecule is Cc1ccc(S(=O)(=O)N2CCOC3CCCC32)cc1CCl. The molecular weight excluding hydrogens is 310 g/mol. The van der Waals surface area contributed by atoms with Gasteiger partial charge in [0.05, 0.1) is 23.6 Å². The molecule has 0 amide bonds. The van der Waals surface area contributed by atoms with E-state index in [4.69, 9.17) is 16.3 Å². The number of benzene rings is 1. The molecule has 2 fully saturated rings. The van der Waals surface area contributed by atoms with Crippen LogP contribution >= 0.6 is 11.6 Å². The Morgan fingerprint density at radius 3 is 2.95 bits per heavy atom. The standard InChI is InChI=1S/C15H20ClNO3S/c1-11-5-6-13(9-12(11)10-16)21(18,19)17-7-8-20-15-4-2-3-14(15)17/h5-6,9,14-15H,2-4,7-8,10H2,1H3. The summed E-state index contributed by atoms with van der Waals surface area (Å²) in [6, 6.07) is 5.21.